The number of H-pyrrole nitrogens is 1. The van der Waals surface area contributed by atoms with Crippen LogP contribution in [0.4, 0.5) is 0 Å². The van der Waals surface area contributed by atoms with Crippen molar-refractivity contribution in [1.82, 2.24) is 23.4 Å². The summed E-state index contributed by atoms with van der Waals surface area (Å²) in [6.45, 7) is 2.22. The van der Waals surface area contributed by atoms with Crippen LogP contribution in [0, 0.1) is 5.92 Å². The van der Waals surface area contributed by atoms with Crippen LogP contribution in [0.15, 0.2) is 65.6 Å². The molecule has 3 heterocycles. The number of rotatable bonds is 9. The number of nitrogens with zero attached hydrogens (tertiary/aromatic N) is 3. The van der Waals surface area contributed by atoms with E-state index in [2.05, 4.69) is 25.1 Å². The predicted molar refractivity (Wildman–Crippen MR) is 149 cm³/mol. The van der Waals surface area contributed by atoms with Crippen LogP contribution in [-0.2, 0) is 10.0 Å². The molecule has 0 amide bonds. The highest BCUT2D eigenvalue weighted by atomic mass is 32.2. The maximum Gasteiger partial charge on any atom is 0.245 e. The number of para-hydroxylation sites is 1. The predicted octanol–water partition coefficient (Wildman–Crippen LogP) is 3.76. The molecular weight excluding hydrogens is 522 g/mol. The Hall–Kier alpha value is -3.09. The van der Waals surface area contributed by atoms with Gasteiger partial charge in [-0.1, -0.05) is 30.3 Å². The van der Waals surface area contributed by atoms with Crippen LogP contribution in [0.2, 0.25) is 0 Å². The number of fused-ring (bicyclic) bond motifs is 4. The number of ether oxygens (including phenoxy) is 1. The molecule has 1 aliphatic heterocycles. The lowest BCUT2D eigenvalue weighted by atomic mass is 9.98. The van der Waals surface area contributed by atoms with Crippen molar-refractivity contribution < 1.29 is 18.3 Å². The molecule has 2 aromatic heterocycles. The second-order valence-corrected chi connectivity index (χ2v) is 12.1. The molecule has 0 aliphatic carbocycles. The van der Waals surface area contributed by atoms with Gasteiger partial charge < -0.3 is 20.1 Å². The minimum absolute atomic E-state index is 0.180. The largest absolute Gasteiger partial charge is 0.490 e. The first kappa shape index (κ1) is 25.2. The summed E-state index contributed by atoms with van der Waals surface area (Å²) in [5.41, 5.74) is 3.11. The minimum Gasteiger partial charge on any atom is -0.490 e. The van der Waals surface area contributed by atoms with Gasteiger partial charge >= 0.3 is 0 Å². The number of aromatic amines is 1. The second-order valence-electron chi connectivity index (χ2n) is 9.71. The number of aromatic nitrogens is 3. The van der Waals surface area contributed by atoms with E-state index in [-0.39, 0.29) is 11.5 Å². The molecule has 198 valence electrons. The maximum atomic E-state index is 13.2. The Morgan fingerprint density at radius 2 is 1.84 bits per heavy atom. The van der Waals surface area contributed by atoms with Crippen molar-refractivity contribution in [1.29, 1.82) is 0 Å². The quantitative estimate of drug-likeness (QED) is 0.255. The van der Waals surface area contributed by atoms with Crippen LogP contribution in [-0.4, -0.2) is 70.5 Å². The lowest BCUT2D eigenvalue weighted by Gasteiger charge is -2.31. The van der Waals surface area contributed by atoms with Gasteiger partial charge in [0.25, 0.3) is 0 Å². The van der Waals surface area contributed by atoms with Gasteiger partial charge in [0.2, 0.25) is 10.0 Å². The highest BCUT2D eigenvalue weighted by Crippen LogP contribution is 2.33. The highest BCUT2D eigenvalue weighted by molar-refractivity contribution is 7.89. The molecule has 1 saturated heterocycles. The van der Waals surface area contributed by atoms with Crippen LogP contribution in [0.1, 0.15) is 12.8 Å². The standard InChI is InChI=1S/C27H29N5O4S2/c33-19(17-36-24-9-3-7-22-26(24)20-5-1-2-6-21(20)29-22)16-28-15-18-11-13-32(14-12-18)38(34,35)25-10-4-8-23-27(25)31-37-30-23/h1-10,18-19,28-29,33H,11-17H2/t19-/m0/s1. The molecule has 9 nitrogen and oxygen atoms in total. The van der Waals surface area contributed by atoms with E-state index < -0.39 is 16.1 Å². The summed E-state index contributed by atoms with van der Waals surface area (Å²) in [4.78, 5) is 3.63. The lowest BCUT2D eigenvalue weighted by Crippen LogP contribution is -2.42. The number of benzene rings is 3. The first-order chi connectivity index (χ1) is 18.5. The minimum atomic E-state index is -3.62. The van der Waals surface area contributed by atoms with Crippen molar-refractivity contribution in [3.63, 3.8) is 0 Å². The molecule has 0 unspecified atom stereocenters. The normalized spacial score (nSPS) is 16.4. The Morgan fingerprint density at radius 1 is 1.05 bits per heavy atom. The Morgan fingerprint density at radius 3 is 2.71 bits per heavy atom. The summed E-state index contributed by atoms with van der Waals surface area (Å²) in [5.74, 6) is 1.09. The van der Waals surface area contributed by atoms with Crippen molar-refractivity contribution >= 4 is 54.6 Å². The first-order valence-electron chi connectivity index (χ1n) is 12.7. The van der Waals surface area contributed by atoms with Gasteiger partial charge in [0.05, 0.1) is 17.2 Å². The average Bonchev–Trinajstić information content (AvgIpc) is 3.57. The Balaban J connectivity index is 0.988. The van der Waals surface area contributed by atoms with Gasteiger partial charge in [-0.3, -0.25) is 0 Å². The monoisotopic (exact) mass is 551 g/mol. The first-order valence-corrected chi connectivity index (χ1v) is 14.9. The Bertz CT molecular complexity index is 1680. The van der Waals surface area contributed by atoms with Gasteiger partial charge in [-0.2, -0.15) is 13.1 Å². The van der Waals surface area contributed by atoms with E-state index >= 15 is 0 Å². The van der Waals surface area contributed by atoms with Crippen molar-refractivity contribution in [2.45, 2.75) is 23.8 Å². The highest BCUT2D eigenvalue weighted by Gasteiger charge is 2.31. The van der Waals surface area contributed by atoms with Crippen molar-refractivity contribution in [2.24, 2.45) is 5.92 Å². The van der Waals surface area contributed by atoms with Gasteiger partial charge in [0.15, 0.2) is 0 Å². The average molecular weight is 552 g/mol. The maximum absolute atomic E-state index is 13.2. The van der Waals surface area contributed by atoms with Gasteiger partial charge in [0, 0.05) is 35.9 Å². The Labute approximate surface area is 224 Å². The summed E-state index contributed by atoms with van der Waals surface area (Å²) in [7, 11) is -3.62. The molecule has 1 aliphatic rings. The van der Waals surface area contributed by atoms with E-state index in [1.165, 1.54) is 0 Å². The number of sulfonamides is 1. The molecular formula is C27H29N5O4S2. The van der Waals surface area contributed by atoms with Crippen LogP contribution in [0.25, 0.3) is 32.8 Å². The van der Waals surface area contributed by atoms with Crippen molar-refractivity contribution in [2.75, 3.05) is 32.8 Å². The van der Waals surface area contributed by atoms with E-state index in [9.17, 15) is 13.5 Å². The van der Waals surface area contributed by atoms with Gasteiger partial charge in [-0.25, -0.2) is 8.42 Å². The third kappa shape index (κ3) is 4.87. The summed E-state index contributed by atoms with van der Waals surface area (Å²) < 4.78 is 42.4. The van der Waals surface area contributed by atoms with E-state index in [0.29, 0.717) is 43.1 Å². The number of hydrogen-bond donors (Lipinski definition) is 3. The number of aliphatic hydroxyl groups is 1. The zero-order valence-electron chi connectivity index (χ0n) is 20.7. The van der Waals surface area contributed by atoms with E-state index in [0.717, 1.165) is 52.1 Å². The fourth-order valence-electron chi connectivity index (χ4n) is 5.17. The number of hydrogen-bond acceptors (Lipinski definition) is 8. The number of piperidine rings is 1. The fourth-order valence-corrected chi connectivity index (χ4v) is 7.39. The molecule has 11 heteroatoms. The van der Waals surface area contributed by atoms with E-state index in [1.54, 1.807) is 22.5 Å². The molecule has 0 bridgehead atoms. The summed E-state index contributed by atoms with van der Waals surface area (Å²) in [6.07, 6.45) is 0.849. The third-order valence-electron chi connectivity index (χ3n) is 7.18. The zero-order valence-corrected chi connectivity index (χ0v) is 22.3. The molecule has 38 heavy (non-hydrogen) atoms. The molecule has 5 aromatic rings. The number of aliphatic hydroxyl groups excluding tert-OH is 1. The van der Waals surface area contributed by atoms with Gasteiger partial charge in [0.1, 0.15) is 34.4 Å². The van der Waals surface area contributed by atoms with Crippen LogP contribution >= 0.6 is 11.7 Å². The topological polar surface area (TPSA) is 120 Å². The molecule has 1 atom stereocenters. The van der Waals surface area contributed by atoms with Crippen LogP contribution in [0.5, 0.6) is 5.75 Å². The van der Waals surface area contributed by atoms with Gasteiger partial charge in [-0.05, 0) is 55.6 Å². The lowest BCUT2D eigenvalue weighted by molar-refractivity contribution is 0.105. The second kappa shape index (κ2) is 10.6. The van der Waals surface area contributed by atoms with E-state index in [4.69, 9.17) is 4.74 Å². The summed E-state index contributed by atoms with van der Waals surface area (Å²) in [6, 6.07) is 19.1. The molecule has 6 rings (SSSR count). The third-order valence-corrected chi connectivity index (χ3v) is 9.65. The van der Waals surface area contributed by atoms with Gasteiger partial charge in [-0.15, -0.1) is 0 Å². The molecule has 0 radical (unpaired) electrons. The summed E-state index contributed by atoms with van der Waals surface area (Å²) >= 11 is 1.02. The van der Waals surface area contributed by atoms with Crippen molar-refractivity contribution in [3.05, 3.63) is 60.7 Å². The smallest absolute Gasteiger partial charge is 0.245 e. The molecule has 1 fully saturated rings. The molecule has 0 spiro atoms. The van der Waals surface area contributed by atoms with E-state index in [1.807, 2.05) is 36.4 Å². The molecule has 3 N–H and O–H groups in total. The molecule has 0 saturated carbocycles. The SMILES string of the molecule is O=S(=O)(c1cccc2nsnc12)N1CCC(CNC[C@H](O)COc2cccc3[nH]c4ccccc4c23)CC1. The molecule has 3 aromatic carbocycles. The fraction of sp³-hybridized carbons (Fsp3) is 0.333. The zero-order chi connectivity index (χ0) is 26.1. The van der Waals surface area contributed by atoms with Crippen LogP contribution < -0.4 is 10.1 Å². The number of nitrogens with one attached hydrogen (secondary N) is 2. The summed E-state index contributed by atoms with van der Waals surface area (Å²) in [5, 5.41) is 16.0. The van der Waals surface area contributed by atoms with Crippen LogP contribution in [0.3, 0.4) is 0 Å². The van der Waals surface area contributed by atoms with Crippen molar-refractivity contribution in [3.8, 4) is 5.75 Å². The Kier molecular flexibility index (Phi) is 7.02.